The average molecular weight is 519 g/mol. The summed E-state index contributed by atoms with van der Waals surface area (Å²) in [6, 6.07) is 20.2. The van der Waals surface area contributed by atoms with Gasteiger partial charge in [-0.3, -0.25) is 14.9 Å². The van der Waals surface area contributed by atoms with Crippen LogP contribution >= 0.6 is 23.2 Å². The molecule has 178 valence electrons. The molecule has 9 heteroatoms. The highest BCUT2D eigenvalue weighted by Crippen LogP contribution is 2.35. The van der Waals surface area contributed by atoms with Crippen LogP contribution in [0.25, 0.3) is 11.1 Å². The molecule has 0 saturated carbocycles. The van der Waals surface area contributed by atoms with Gasteiger partial charge in [0, 0.05) is 27.4 Å². The van der Waals surface area contributed by atoms with Crippen molar-refractivity contribution < 1.29 is 23.9 Å². The van der Waals surface area contributed by atoms with E-state index in [2.05, 4.69) is 10.3 Å². The number of esters is 1. The zero-order chi connectivity index (χ0) is 25.2. The zero-order valence-electron chi connectivity index (χ0n) is 18.5. The van der Waals surface area contributed by atoms with Crippen LogP contribution in [0.15, 0.2) is 79.0 Å². The Balaban J connectivity index is 1.48. The maximum atomic E-state index is 13.0. The Morgan fingerprint density at radius 2 is 1.61 bits per heavy atom. The van der Waals surface area contributed by atoms with E-state index >= 15 is 0 Å². The molecule has 36 heavy (non-hydrogen) atoms. The van der Waals surface area contributed by atoms with Gasteiger partial charge in [-0.05, 0) is 42.0 Å². The van der Waals surface area contributed by atoms with Gasteiger partial charge in [-0.15, -0.1) is 0 Å². The van der Waals surface area contributed by atoms with E-state index < -0.39 is 17.8 Å². The largest absolute Gasteiger partial charge is 0.470 e. The summed E-state index contributed by atoms with van der Waals surface area (Å²) < 4.78 is 11.5. The first kappa shape index (κ1) is 23.5. The molecule has 2 heterocycles. The molecule has 0 atom stereocenters. The number of halogens is 2. The highest BCUT2D eigenvalue weighted by Gasteiger charge is 2.28. The summed E-state index contributed by atoms with van der Waals surface area (Å²) >= 11 is 12.4. The first-order chi connectivity index (χ1) is 17.4. The van der Waals surface area contributed by atoms with Crippen LogP contribution in [0.2, 0.25) is 10.0 Å². The van der Waals surface area contributed by atoms with Crippen LogP contribution in [0, 0.1) is 0 Å². The number of nitrogens with zero attached hydrogens (tertiary/aromatic N) is 1. The second-order valence-electron chi connectivity index (χ2n) is 7.86. The van der Waals surface area contributed by atoms with Crippen LogP contribution in [-0.2, 0) is 6.61 Å². The first-order valence-corrected chi connectivity index (χ1v) is 11.5. The molecule has 2 amide bonds. The molecule has 0 radical (unpaired) electrons. The van der Waals surface area contributed by atoms with Crippen LogP contribution in [0.3, 0.4) is 0 Å². The SMILES string of the molecule is O=C(Oc1cc(-c2ccc(Cl)cc2Cl)cnc1OCc1ccccc1)c1ccc2c(c1)C(=O)NC2=O. The standard InChI is InChI=1S/C27H16Cl2N2O5/c28-18-7-9-19(22(29)12-18)17-11-23(26(30-13-17)35-14-15-4-2-1-3-5-15)36-27(34)16-6-8-20-21(10-16)25(33)31-24(20)32/h1-13H,14H2,(H,31,32,33). The molecule has 0 spiro atoms. The van der Waals surface area contributed by atoms with Gasteiger partial charge in [0.2, 0.25) is 0 Å². The van der Waals surface area contributed by atoms with Crippen LogP contribution < -0.4 is 14.8 Å². The van der Waals surface area contributed by atoms with Gasteiger partial charge in [-0.2, -0.15) is 0 Å². The minimum absolute atomic E-state index is 0.0560. The molecule has 1 aliphatic rings. The third-order valence-electron chi connectivity index (χ3n) is 5.45. The summed E-state index contributed by atoms with van der Waals surface area (Å²) in [5.74, 6) is -1.69. The van der Waals surface area contributed by atoms with E-state index in [1.165, 1.54) is 18.2 Å². The number of ether oxygens (including phenoxy) is 2. The second kappa shape index (κ2) is 9.81. The summed E-state index contributed by atoms with van der Waals surface area (Å²) in [6.07, 6.45) is 1.55. The lowest BCUT2D eigenvalue weighted by Crippen LogP contribution is -2.19. The fraction of sp³-hybridized carbons (Fsp3) is 0.0370. The van der Waals surface area contributed by atoms with Crippen molar-refractivity contribution in [2.45, 2.75) is 6.61 Å². The lowest BCUT2D eigenvalue weighted by molar-refractivity contribution is 0.0725. The van der Waals surface area contributed by atoms with E-state index in [0.717, 1.165) is 5.56 Å². The number of benzene rings is 3. The summed E-state index contributed by atoms with van der Waals surface area (Å²) in [5.41, 5.74) is 2.50. The van der Waals surface area contributed by atoms with Crippen molar-refractivity contribution in [3.8, 4) is 22.8 Å². The maximum absolute atomic E-state index is 13.0. The monoisotopic (exact) mass is 518 g/mol. The molecule has 3 aromatic carbocycles. The Kier molecular flexibility index (Phi) is 6.41. The molecule has 1 aromatic heterocycles. The lowest BCUT2D eigenvalue weighted by atomic mass is 10.1. The molecule has 7 nitrogen and oxygen atoms in total. The van der Waals surface area contributed by atoms with Gasteiger partial charge in [0.05, 0.1) is 16.7 Å². The number of carbonyl (C=O) groups is 3. The summed E-state index contributed by atoms with van der Waals surface area (Å²) in [7, 11) is 0. The Morgan fingerprint density at radius 3 is 2.39 bits per heavy atom. The van der Waals surface area contributed by atoms with Gasteiger partial charge in [-0.1, -0.05) is 59.6 Å². The van der Waals surface area contributed by atoms with Gasteiger partial charge in [0.1, 0.15) is 6.61 Å². The van der Waals surface area contributed by atoms with E-state index in [0.29, 0.717) is 21.2 Å². The van der Waals surface area contributed by atoms with Crippen molar-refractivity contribution >= 4 is 41.0 Å². The van der Waals surface area contributed by atoms with Crippen molar-refractivity contribution in [1.29, 1.82) is 0 Å². The van der Waals surface area contributed by atoms with Gasteiger partial charge in [-0.25, -0.2) is 9.78 Å². The number of nitrogens with one attached hydrogen (secondary N) is 1. The fourth-order valence-electron chi connectivity index (χ4n) is 3.66. The molecule has 1 N–H and O–H groups in total. The average Bonchev–Trinajstić information content (AvgIpc) is 3.16. The molecule has 1 aliphatic heterocycles. The lowest BCUT2D eigenvalue weighted by Gasteiger charge is -2.13. The number of imide groups is 1. The maximum Gasteiger partial charge on any atom is 0.343 e. The Morgan fingerprint density at radius 1 is 0.861 bits per heavy atom. The predicted molar refractivity (Wildman–Crippen MR) is 134 cm³/mol. The number of hydrogen-bond donors (Lipinski definition) is 1. The smallest absolute Gasteiger partial charge is 0.343 e. The molecule has 4 aromatic rings. The third-order valence-corrected chi connectivity index (χ3v) is 6.00. The van der Waals surface area contributed by atoms with Gasteiger partial charge in [0.15, 0.2) is 5.75 Å². The molecule has 0 saturated heterocycles. The normalized spacial score (nSPS) is 12.2. The van der Waals surface area contributed by atoms with Gasteiger partial charge >= 0.3 is 5.97 Å². The molecule has 0 bridgehead atoms. The van der Waals surface area contributed by atoms with Gasteiger partial charge < -0.3 is 9.47 Å². The number of pyridine rings is 1. The highest BCUT2D eigenvalue weighted by atomic mass is 35.5. The van der Waals surface area contributed by atoms with Gasteiger partial charge in [0.25, 0.3) is 17.7 Å². The van der Waals surface area contributed by atoms with Crippen molar-refractivity contribution in [3.05, 3.63) is 111 Å². The van der Waals surface area contributed by atoms with Crippen LogP contribution in [0.1, 0.15) is 36.6 Å². The Bertz CT molecular complexity index is 1520. The van der Waals surface area contributed by atoms with E-state index in [4.69, 9.17) is 32.7 Å². The number of fused-ring (bicyclic) bond motifs is 1. The zero-order valence-corrected chi connectivity index (χ0v) is 20.0. The second-order valence-corrected chi connectivity index (χ2v) is 8.70. The molecule has 0 aliphatic carbocycles. The van der Waals surface area contributed by atoms with Crippen molar-refractivity contribution in [2.24, 2.45) is 0 Å². The number of amides is 2. The van der Waals surface area contributed by atoms with Crippen molar-refractivity contribution in [3.63, 3.8) is 0 Å². The summed E-state index contributed by atoms with van der Waals surface area (Å²) in [4.78, 5) is 41.2. The number of carbonyl (C=O) groups excluding carboxylic acids is 3. The topological polar surface area (TPSA) is 94.6 Å². The highest BCUT2D eigenvalue weighted by molar-refractivity contribution is 6.36. The minimum Gasteiger partial charge on any atom is -0.470 e. The molecule has 0 unspecified atom stereocenters. The van der Waals surface area contributed by atoms with Crippen LogP contribution in [0.4, 0.5) is 0 Å². The predicted octanol–water partition coefficient (Wildman–Crippen LogP) is 5.74. The Labute approximate surface area is 215 Å². The van der Waals surface area contributed by atoms with E-state index in [1.807, 2.05) is 30.3 Å². The molecule has 5 rings (SSSR count). The van der Waals surface area contributed by atoms with Crippen LogP contribution in [0.5, 0.6) is 11.6 Å². The Hall–Kier alpha value is -4.20. The summed E-state index contributed by atoms with van der Waals surface area (Å²) in [6.45, 7) is 0.195. The molecule has 0 fully saturated rings. The fourth-order valence-corrected chi connectivity index (χ4v) is 4.18. The number of hydrogen-bond acceptors (Lipinski definition) is 6. The van der Waals surface area contributed by atoms with Crippen molar-refractivity contribution in [2.75, 3.05) is 0 Å². The molecular formula is C27H16Cl2N2O5. The quantitative estimate of drug-likeness (QED) is 0.258. The molecular weight excluding hydrogens is 503 g/mol. The number of aromatic nitrogens is 1. The van der Waals surface area contributed by atoms with E-state index in [-0.39, 0.29) is 34.9 Å². The van der Waals surface area contributed by atoms with Crippen LogP contribution in [-0.4, -0.2) is 22.8 Å². The minimum atomic E-state index is -0.754. The summed E-state index contributed by atoms with van der Waals surface area (Å²) in [5, 5.41) is 3.07. The van der Waals surface area contributed by atoms with E-state index in [1.54, 1.807) is 30.5 Å². The van der Waals surface area contributed by atoms with Crippen molar-refractivity contribution in [1.82, 2.24) is 10.3 Å². The first-order valence-electron chi connectivity index (χ1n) is 10.7. The number of rotatable bonds is 6. The van der Waals surface area contributed by atoms with E-state index in [9.17, 15) is 14.4 Å². The third kappa shape index (κ3) is 4.79.